The molecule has 0 saturated heterocycles. The molecule has 3 nitrogen and oxygen atoms in total. The summed E-state index contributed by atoms with van der Waals surface area (Å²) in [6, 6.07) is 5.31. The van der Waals surface area contributed by atoms with E-state index in [1.807, 2.05) is 0 Å². The van der Waals surface area contributed by atoms with E-state index in [-0.39, 0.29) is 0 Å². The molecule has 0 aliphatic carbocycles. The number of anilines is 1. The van der Waals surface area contributed by atoms with Crippen LogP contribution in [0.1, 0.15) is 5.56 Å². The highest BCUT2D eigenvalue weighted by Gasteiger charge is 2.01. The molecule has 1 aromatic rings. The molecule has 1 aromatic carbocycles. The summed E-state index contributed by atoms with van der Waals surface area (Å²) in [7, 11) is 1.54. The molecule has 0 atom stereocenters. The van der Waals surface area contributed by atoms with E-state index in [4.69, 9.17) is 15.9 Å². The Morgan fingerprint density at radius 2 is 2.27 bits per heavy atom. The van der Waals surface area contributed by atoms with Crippen LogP contribution in [-0.2, 0) is 0 Å². The van der Waals surface area contributed by atoms with Crippen molar-refractivity contribution in [3.05, 3.63) is 23.8 Å². The van der Waals surface area contributed by atoms with Crippen molar-refractivity contribution in [1.82, 2.24) is 0 Å². The highest BCUT2D eigenvalue weighted by molar-refractivity contribution is 5.84. The van der Waals surface area contributed by atoms with Crippen molar-refractivity contribution in [3.8, 4) is 5.75 Å². The maximum Gasteiger partial charge on any atom is 0.150 e. The first-order chi connectivity index (χ1) is 5.29. The van der Waals surface area contributed by atoms with E-state index in [0.29, 0.717) is 17.0 Å². The largest absolute Gasteiger partial charge is 0.494 e. The molecule has 0 saturated carbocycles. The third kappa shape index (κ3) is 1.32. The zero-order valence-electron chi connectivity index (χ0n) is 6.29. The molecule has 0 unspecified atom stereocenters. The normalized spacial score (nSPS) is 9.18. The van der Waals surface area contributed by atoms with Crippen molar-refractivity contribution in [2.24, 2.45) is 0 Å². The number of hydrogen-bond donors (Lipinski definition) is 2. The Morgan fingerprint density at radius 1 is 1.55 bits per heavy atom. The summed E-state index contributed by atoms with van der Waals surface area (Å²) in [5.74, 6) is 0.572. The van der Waals surface area contributed by atoms with Gasteiger partial charge in [-0.2, -0.15) is 0 Å². The predicted molar refractivity (Wildman–Crippen MR) is 45.3 cm³/mol. The lowest BCUT2D eigenvalue weighted by Gasteiger charge is -2.05. The van der Waals surface area contributed by atoms with Crippen LogP contribution in [0.15, 0.2) is 18.2 Å². The number of benzene rings is 1. The van der Waals surface area contributed by atoms with Crippen LogP contribution in [0.4, 0.5) is 5.69 Å². The molecule has 11 heavy (non-hydrogen) atoms. The zero-order valence-corrected chi connectivity index (χ0v) is 6.29. The van der Waals surface area contributed by atoms with Gasteiger partial charge in [-0.25, -0.2) is 0 Å². The Balaban J connectivity index is 3.23. The van der Waals surface area contributed by atoms with Crippen molar-refractivity contribution >= 4 is 11.9 Å². The van der Waals surface area contributed by atoms with Gasteiger partial charge in [-0.1, -0.05) is 6.07 Å². The quantitative estimate of drug-likeness (QED) is 0.492. The third-order valence-electron chi connectivity index (χ3n) is 1.44. The van der Waals surface area contributed by atoms with Crippen molar-refractivity contribution < 1.29 is 4.74 Å². The molecule has 0 aliphatic rings. The first-order valence-electron chi connectivity index (χ1n) is 3.22. The predicted octanol–water partition coefficient (Wildman–Crippen LogP) is 1.28. The second kappa shape index (κ2) is 3.05. The second-order valence-corrected chi connectivity index (χ2v) is 2.11. The minimum absolute atomic E-state index is 0.563. The van der Waals surface area contributed by atoms with Gasteiger partial charge in [0.1, 0.15) is 5.75 Å². The van der Waals surface area contributed by atoms with Gasteiger partial charge < -0.3 is 15.9 Å². The fourth-order valence-electron chi connectivity index (χ4n) is 0.923. The molecule has 0 heterocycles. The number of ether oxygens (including phenoxy) is 1. The monoisotopic (exact) mass is 150 g/mol. The number of rotatable bonds is 2. The van der Waals surface area contributed by atoms with E-state index in [9.17, 15) is 0 Å². The molecule has 0 spiro atoms. The third-order valence-corrected chi connectivity index (χ3v) is 1.44. The van der Waals surface area contributed by atoms with Crippen LogP contribution >= 0.6 is 0 Å². The molecular formula is C8H10N2O. The molecule has 0 bridgehead atoms. The molecule has 1 rings (SSSR count). The summed E-state index contributed by atoms with van der Waals surface area (Å²) in [5.41, 5.74) is 6.84. The maximum atomic E-state index is 7.02. The van der Waals surface area contributed by atoms with Crippen molar-refractivity contribution in [3.63, 3.8) is 0 Å². The summed E-state index contributed by atoms with van der Waals surface area (Å²) >= 11 is 0. The van der Waals surface area contributed by atoms with E-state index < -0.39 is 0 Å². The molecule has 3 N–H and O–H groups in total. The maximum absolute atomic E-state index is 7.02. The summed E-state index contributed by atoms with van der Waals surface area (Å²) in [4.78, 5) is 0. The summed E-state index contributed by atoms with van der Waals surface area (Å²) < 4.78 is 4.99. The highest BCUT2D eigenvalue weighted by Crippen LogP contribution is 2.23. The molecule has 0 aliphatic heterocycles. The lowest BCUT2D eigenvalue weighted by molar-refractivity contribution is 0.416. The Morgan fingerprint density at radius 3 is 2.73 bits per heavy atom. The Kier molecular flexibility index (Phi) is 2.11. The number of methoxy groups -OCH3 is 1. The first kappa shape index (κ1) is 7.60. The van der Waals surface area contributed by atoms with Crippen molar-refractivity contribution in [1.29, 1.82) is 5.41 Å². The number of hydrogen-bond acceptors (Lipinski definition) is 3. The molecule has 0 aromatic heterocycles. The fourth-order valence-corrected chi connectivity index (χ4v) is 0.923. The number of nitrogen functional groups attached to an aromatic ring is 1. The minimum Gasteiger partial charge on any atom is -0.494 e. The van der Waals surface area contributed by atoms with Crippen LogP contribution in [-0.4, -0.2) is 13.3 Å². The van der Waals surface area contributed by atoms with Crippen LogP contribution in [0.5, 0.6) is 5.75 Å². The standard InChI is InChI=1S/C8H10N2O/c1-11-8-6(5-9)3-2-4-7(8)10/h2-5,9H,10H2,1H3. The average molecular weight is 150 g/mol. The second-order valence-electron chi connectivity index (χ2n) is 2.11. The Labute approximate surface area is 65.3 Å². The van der Waals surface area contributed by atoms with Gasteiger partial charge in [-0.15, -0.1) is 0 Å². The Hall–Kier alpha value is -1.51. The van der Waals surface area contributed by atoms with Gasteiger partial charge in [0.25, 0.3) is 0 Å². The summed E-state index contributed by atoms with van der Waals surface area (Å²) in [6.07, 6.45) is 1.22. The average Bonchev–Trinajstić information content (AvgIpc) is 2.04. The van der Waals surface area contributed by atoms with Gasteiger partial charge in [0.2, 0.25) is 0 Å². The molecule has 0 amide bonds. The molecule has 3 heteroatoms. The van der Waals surface area contributed by atoms with Gasteiger partial charge in [0, 0.05) is 11.8 Å². The molecule has 0 fully saturated rings. The summed E-state index contributed by atoms with van der Waals surface area (Å²) in [6.45, 7) is 0. The highest BCUT2D eigenvalue weighted by atomic mass is 16.5. The van der Waals surface area contributed by atoms with Crippen LogP contribution in [0.2, 0.25) is 0 Å². The van der Waals surface area contributed by atoms with Crippen molar-refractivity contribution in [2.75, 3.05) is 12.8 Å². The van der Waals surface area contributed by atoms with Crippen LogP contribution in [0.25, 0.3) is 0 Å². The van der Waals surface area contributed by atoms with Gasteiger partial charge in [-0.3, -0.25) is 0 Å². The van der Waals surface area contributed by atoms with Crippen LogP contribution in [0.3, 0.4) is 0 Å². The van der Waals surface area contributed by atoms with Gasteiger partial charge in [0.05, 0.1) is 12.8 Å². The van der Waals surface area contributed by atoms with Crippen LogP contribution in [0, 0.1) is 5.41 Å². The number of para-hydroxylation sites is 1. The molecule has 58 valence electrons. The summed E-state index contributed by atoms with van der Waals surface area (Å²) in [5, 5.41) is 7.02. The van der Waals surface area contributed by atoms with E-state index in [2.05, 4.69) is 0 Å². The van der Waals surface area contributed by atoms with Gasteiger partial charge in [0.15, 0.2) is 0 Å². The number of nitrogens with two attached hydrogens (primary N) is 1. The SMILES string of the molecule is COc1c(N)cccc1C=N. The lowest BCUT2D eigenvalue weighted by atomic mass is 10.2. The van der Waals surface area contributed by atoms with Gasteiger partial charge in [-0.05, 0) is 12.1 Å². The van der Waals surface area contributed by atoms with E-state index in [0.717, 1.165) is 0 Å². The fraction of sp³-hybridized carbons (Fsp3) is 0.125. The molecular weight excluding hydrogens is 140 g/mol. The first-order valence-corrected chi connectivity index (χ1v) is 3.22. The smallest absolute Gasteiger partial charge is 0.150 e. The number of nitrogens with one attached hydrogen (secondary N) is 1. The van der Waals surface area contributed by atoms with E-state index in [1.165, 1.54) is 6.21 Å². The minimum atomic E-state index is 0.563. The van der Waals surface area contributed by atoms with E-state index >= 15 is 0 Å². The lowest BCUT2D eigenvalue weighted by Crippen LogP contribution is -1.95. The zero-order chi connectivity index (χ0) is 8.27. The Bertz CT molecular complexity index is 271. The topological polar surface area (TPSA) is 59.1 Å². The van der Waals surface area contributed by atoms with Crippen LogP contribution < -0.4 is 10.5 Å². The van der Waals surface area contributed by atoms with Gasteiger partial charge >= 0.3 is 0 Å². The van der Waals surface area contributed by atoms with Crippen molar-refractivity contribution in [2.45, 2.75) is 0 Å². The molecule has 0 radical (unpaired) electrons. The van der Waals surface area contributed by atoms with E-state index in [1.54, 1.807) is 25.3 Å².